The van der Waals surface area contributed by atoms with E-state index in [1.165, 1.54) is 6.42 Å². The van der Waals surface area contributed by atoms with Gasteiger partial charge in [0.1, 0.15) is 0 Å². The number of urea groups is 1. The Labute approximate surface area is 207 Å². The van der Waals surface area contributed by atoms with Gasteiger partial charge in [0, 0.05) is 18.4 Å². The topological polar surface area (TPSA) is 126 Å². The number of amides is 2. The standard InChI is InChI=1S/C26H53N3O5/c1-8-11-26(10-3,25(6,7)9-2)16-18(4)19(5)28-24(32)29-34-13-12-33-21-14-20(17-27)23(31)22(30)15-21/h18-23,30-31H,8-17,27H2,1-7H3,(H2,28,29,32). The van der Waals surface area contributed by atoms with E-state index < -0.39 is 12.2 Å². The number of aliphatic hydroxyl groups is 2. The molecular weight excluding hydrogens is 434 g/mol. The Morgan fingerprint density at radius 2 is 1.79 bits per heavy atom. The number of carbonyl (C=O) groups is 1. The average Bonchev–Trinajstić information content (AvgIpc) is 2.80. The molecule has 0 bridgehead atoms. The van der Waals surface area contributed by atoms with E-state index in [2.05, 4.69) is 59.3 Å². The number of hydroxylamine groups is 1. The molecule has 8 nitrogen and oxygen atoms in total. The van der Waals surface area contributed by atoms with Gasteiger partial charge in [-0.2, -0.15) is 0 Å². The molecule has 0 aromatic carbocycles. The number of aliphatic hydroxyl groups excluding tert-OH is 2. The zero-order valence-corrected chi connectivity index (χ0v) is 22.7. The summed E-state index contributed by atoms with van der Waals surface area (Å²) >= 11 is 0. The lowest BCUT2D eigenvalue weighted by molar-refractivity contribution is -0.108. The van der Waals surface area contributed by atoms with Crippen molar-refractivity contribution in [1.29, 1.82) is 0 Å². The molecule has 1 aliphatic carbocycles. The molecule has 202 valence electrons. The third-order valence-corrected chi connectivity index (χ3v) is 8.60. The molecule has 2 amide bonds. The molecule has 0 aliphatic heterocycles. The van der Waals surface area contributed by atoms with E-state index in [4.69, 9.17) is 15.3 Å². The van der Waals surface area contributed by atoms with Crippen molar-refractivity contribution >= 4 is 6.03 Å². The number of rotatable bonds is 15. The highest BCUT2D eigenvalue weighted by Gasteiger charge is 2.43. The van der Waals surface area contributed by atoms with Gasteiger partial charge in [0.05, 0.1) is 31.5 Å². The highest BCUT2D eigenvalue weighted by Crippen LogP contribution is 2.52. The van der Waals surface area contributed by atoms with Crippen LogP contribution in [-0.2, 0) is 9.57 Å². The largest absolute Gasteiger partial charge is 0.390 e. The van der Waals surface area contributed by atoms with Crippen LogP contribution < -0.4 is 16.5 Å². The van der Waals surface area contributed by atoms with E-state index in [-0.39, 0.29) is 48.1 Å². The number of nitrogens with one attached hydrogen (secondary N) is 2. The van der Waals surface area contributed by atoms with Crippen LogP contribution in [-0.4, -0.2) is 60.4 Å². The molecular formula is C26H53N3O5. The van der Waals surface area contributed by atoms with Gasteiger partial charge in [-0.1, -0.05) is 54.4 Å². The lowest BCUT2D eigenvalue weighted by atomic mass is 9.57. The summed E-state index contributed by atoms with van der Waals surface area (Å²) in [5, 5.41) is 22.9. The fraction of sp³-hybridized carbons (Fsp3) is 0.962. The summed E-state index contributed by atoms with van der Waals surface area (Å²) in [6.07, 6.45) is 4.86. The van der Waals surface area contributed by atoms with Crippen LogP contribution in [0.25, 0.3) is 0 Å². The fourth-order valence-corrected chi connectivity index (χ4v) is 5.58. The Morgan fingerprint density at radius 1 is 1.12 bits per heavy atom. The Bertz CT molecular complexity index is 591. The van der Waals surface area contributed by atoms with E-state index in [1.807, 2.05) is 0 Å². The van der Waals surface area contributed by atoms with Crippen molar-refractivity contribution in [2.45, 2.75) is 118 Å². The Kier molecular flexibility index (Phi) is 13.3. The molecule has 1 saturated carbocycles. The monoisotopic (exact) mass is 487 g/mol. The zero-order valence-electron chi connectivity index (χ0n) is 22.7. The van der Waals surface area contributed by atoms with Gasteiger partial charge in [0.2, 0.25) is 0 Å². The van der Waals surface area contributed by atoms with E-state index in [1.54, 1.807) is 0 Å². The van der Waals surface area contributed by atoms with Crippen molar-refractivity contribution in [3.63, 3.8) is 0 Å². The summed E-state index contributed by atoms with van der Waals surface area (Å²) in [6.45, 7) is 16.6. The third-order valence-electron chi connectivity index (χ3n) is 8.60. The maximum atomic E-state index is 12.3. The van der Waals surface area contributed by atoms with Crippen molar-refractivity contribution in [1.82, 2.24) is 10.8 Å². The Balaban J connectivity index is 2.41. The molecule has 0 spiro atoms. The van der Waals surface area contributed by atoms with Crippen molar-refractivity contribution in [3.05, 3.63) is 0 Å². The Hall–Kier alpha value is -0.930. The van der Waals surface area contributed by atoms with Crippen LogP contribution in [0.5, 0.6) is 0 Å². The highest BCUT2D eigenvalue weighted by molar-refractivity contribution is 5.72. The molecule has 1 fully saturated rings. The van der Waals surface area contributed by atoms with Gasteiger partial charge < -0.3 is 26.0 Å². The van der Waals surface area contributed by atoms with Gasteiger partial charge in [0.15, 0.2) is 0 Å². The molecule has 34 heavy (non-hydrogen) atoms. The molecule has 0 aromatic rings. The van der Waals surface area contributed by atoms with Crippen LogP contribution in [0.4, 0.5) is 4.79 Å². The SMILES string of the molecule is CCCC(CC)(CC(C)C(C)NC(=O)NOCCOC1CC(O)C(O)C(CN)C1)C(C)(C)CC. The second-order valence-electron chi connectivity index (χ2n) is 11.0. The van der Waals surface area contributed by atoms with Gasteiger partial charge in [-0.25, -0.2) is 10.3 Å². The van der Waals surface area contributed by atoms with Crippen LogP contribution in [0.15, 0.2) is 0 Å². The smallest absolute Gasteiger partial charge is 0.338 e. The number of nitrogens with two attached hydrogens (primary N) is 1. The lowest BCUT2D eigenvalue weighted by Crippen LogP contribution is -2.47. The Morgan fingerprint density at radius 3 is 2.35 bits per heavy atom. The normalized spacial score (nSPS) is 27.0. The number of carbonyl (C=O) groups excluding carboxylic acids is 1. The summed E-state index contributed by atoms with van der Waals surface area (Å²) < 4.78 is 5.74. The van der Waals surface area contributed by atoms with E-state index in [0.29, 0.717) is 25.3 Å². The van der Waals surface area contributed by atoms with E-state index in [9.17, 15) is 15.0 Å². The van der Waals surface area contributed by atoms with Crippen molar-refractivity contribution in [3.8, 4) is 0 Å². The van der Waals surface area contributed by atoms with Crippen LogP contribution in [0.1, 0.15) is 93.4 Å². The molecule has 0 radical (unpaired) electrons. The molecule has 8 heteroatoms. The number of ether oxygens (including phenoxy) is 1. The second kappa shape index (κ2) is 14.6. The molecule has 1 rings (SSSR count). The second-order valence-corrected chi connectivity index (χ2v) is 11.0. The molecule has 0 aromatic heterocycles. The summed E-state index contributed by atoms with van der Waals surface area (Å²) in [4.78, 5) is 17.6. The summed E-state index contributed by atoms with van der Waals surface area (Å²) in [6, 6.07) is -0.343. The number of hydrogen-bond acceptors (Lipinski definition) is 6. The predicted octanol–water partition coefficient (Wildman–Crippen LogP) is 3.74. The molecule has 0 heterocycles. The summed E-state index contributed by atoms with van der Waals surface area (Å²) in [5.41, 5.74) is 8.61. The van der Waals surface area contributed by atoms with Crippen LogP contribution >= 0.6 is 0 Å². The highest BCUT2D eigenvalue weighted by atomic mass is 16.7. The van der Waals surface area contributed by atoms with Crippen LogP contribution in [0, 0.1) is 22.7 Å². The minimum Gasteiger partial charge on any atom is -0.390 e. The third kappa shape index (κ3) is 8.63. The molecule has 1 aliphatic rings. The van der Waals surface area contributed by atoms with E-state index >= 15 is 0 Å². The first-order chi connectivity index (χ1) is 16.0. The maximum absolute atomic E-state index is 12.3. The first kappa shape index (κ1) is 31.1. The molecule has 7 atom stereocenters. The maximum Gasteiger partial charge on any atom is 0.338 e. The minimum absolute atomic E-state index is 0.0126. The molecule has 0 saturated heterocycles. The van der Waals surface area contributed by atoms with Crippen molar-refractivity contribution in [2.75, 3.05) is 19.8 Å². The van der Waals surface area contributed by atoms with Gasteiger partial charge >= 0.3 is 6.03 Å². The minimum atomic E-state index is -0.827. The van der Waals surface area contributed by atoms with E-state index in [0.717, 1.165) is 25.7 Å². The molecule has 6 N–H and O–H groups in total. The van der Waals surface area contributed by atoms with Crippen LogP contribution in [0.3, 0.4) is 0 Å². The van der Waals surface area contributed by atoms with Gasteiger partial charge in [-0.15, -0.1) is 0 Å². The first-order valence-electron chi connectivity index (χ1n) is 13.3. The van der Waals surface area contributed by atoms with Crippen molar-refractivity contribution < 1.29 is 24.6 Å². The van der Waals surface area contributed by atoms with Crippen molar-refractivity contribution in [2.24, 2.45) is 28.4 Å². The van der Waals surface area contributed by atoms with Crippen LogP contribution in [0.2, 0.25) is 0 Å². The number of hydrogen-bond donors (Lipinski definition) is 5. The predicted molar refractivity (Wildman–Crippen MR) is 136 cm³/mol. The summed E-state index contributed by atoms with van der Waals surface area (Å²) in [5.74, 6) is 0.156. The lowest BCUT2D eigenvalue weighted by Gasteiger charge is -2.49. The zero-order chi connectivity index (χ0) is 25.9. The van der Waals surface area contributed by atoms with Gasteiger partial charge in [-0.3, -0.25) is 4.84 Å². The van der Waals surface area contributed by atoms with Gasteiger partial charge in [-0.05, 0) is 55.9 Å². The van der Waals surface area contributed by atoms with Gasteiger partial charge in [0.25, 0.3) is 0 Å². The molecule has 7 unspecified atom stereocenters. The average molecular weight is 488 g/mol. The fourth-order valence-electron chi connectivity index (χ4n) is 5.58. The first-order valence-corrected chi connectivity index (χ1v) is 13.3. The summed E-state index contributed by atoms with van der Waals surface area (Å²) in [7, 11) is 0. The quantitative estimate of drug-likeness (QED) is 0.177.